The van der Waals surface area contributed by atoms with E-state index in [0.29, 0.717) is 11.7 Å². The van der Waals surface area contributed by atoms with Crippen LogP contribution in [0.3, 0.4) is 0 Å². The van der Waals surface area contributed by atoms with E-state index in [-0.39, 0.29) is 29.3 Å². The summed E-state index contributed by atoms with van der Waals surface area (Å²) in [5.74, 6) is -1.46. The Balaban J connectivity index is 0.000000159. The van der Waals surface area contributed by atoms with Gasteiger partial charge < -0.3 is 15.3 Å². The number of carbonyl (C=O) groups is 2. The summed E-state index contributed by atoms with van der Waals surface area (Å²) in [6, 6.07) is 18.8. The number of aromatic carboxylic acids is 1. The number of aromatic nitrogens is 3. The SMILES string of the molecule is BrCc1cc(Br)sn1.Fc1ccc(C2CCCN2)cc1.O=C(O)c1cc(Br)sn1.O=C(c1cc(Br)sn1)N1CCCC1c1ccc(F)cc1. The topological polar surface area (TPSA) is 108 Å². The van der Waals surface area contributed by atoms with Gasteiger partial charge in [-0.1, -0.05) is 40.2 Å². The van der Waals surface area contributed by atoms with Crippen molar-refractivity contribution in [1.29, 1.82) is 0 Å². The monoisotopic (exact) mass is 981 g/mol. The Kier molecular flexibility index (Phi) is 16.4. The summed E-state index contributed by atoms with van der Waals surface area (Å²) >= 11 is 16.9. The molecule has 260 valence electrons. The second-order valence-electron chi connectivity index (χ2n) is 10.5. The molecule has 7 rings (SSSR count). The van der Waals surface area contributed by atoms with Gasteiger partial charge in [-0.15, -0.1) is 0 Å². The quantitative estimate of drug-likeness (QED) is 0.169. The van der Waals surface area contributed by atoms with Crippen molar-refractivity contribution < 1.29 is 23.5 Å². The van der Waals surface area contributed by atoms with Gasteiger partial charge in [0.05, 0.1) is 23.1 Å². The number of likely N-dealkylation sites (tertiary alicyclic amines) is 1. The summed E-state index contributed by atoms with van der Waals surface area (Å²) in [5, 5.41) is 12.5. The molecule has 2 N–H and O–H groups in total. The lowest BCUT2D eigenvalue weighted by atomic mass is 10.0. The van der Waals surface area contributed by atoms with Crippen LogP contribution in [0.1, 0.15) is 75.6 Å². The number of carbonyl (C=O) groups excluding carboxylic acids is 1. The second kappa shape index (κ2) is 20.2. The molecule has 2 fully saturated rings. The van der Waals surface area contributed by atoms with Gasteiger partial charge >= 0.3 is 5.97 Å². The van der Waals surface area contributed by atoms with Crippen molar-refractivity contribution >= 4 is 110 Å². The van der Waals surface area contributed by atoms with Crippen LogP contribution in [0.4, 0.5) is 8.78 Å². The highest BCUT2D eigenvalue weighted by molar-refractivity contribution is 9.11. The van der Waals surface area contributed by atoms with Crippen LogP contribution in [0.15, 0.2) is 78.1 Å². The minimum absolute atomic E-state index is 0.0172. The average molecular weight is 985 g/mol. The van der Waals surface area contributed by atoms with Crippen LogP contribution in [0, 0.1) is 11.6 Å². The number of alkyl halides is 1. The Hall–Kier alpha value is -1.99. The van der Waals surface area contributed by atoms with Crippen LogP contribution >= 0.6 is 98.3 Å². The van der Waals surface area contributed by atoms with Crippen LogP contribution in [-0.4, -0.2) is 48.1 Å². The van der Waals surface area contributed by atoms with Gasteiger partial charge in [0.25, 0.3) is 5.91 Å². The number of halogens is 6. The molecule has 1 amide bonds. The number of hydrogen-bond acceptors (Lipinski definition) is 9. The zero-order valence-electron chi connectivity index (χ0n) is 25.5. The lowest BCUT2D eigenvalue weighted by Gasteiger charge is -2.24. The molecule has 5 aromatic rings. The number of amides is 1. The number of nitrogens with zero attached hydrogens (tertiary/aromatic N) is 4. The first-order chi connectivity index (χ1) is 23.5. The van der Waals surface area contributed by atoms with Crippen molar-refractivity contribution in [2.75, 3.05) is 13.1 Å². The largest absolute Gasteiger partial charge is 0.476 e. The van der Waals surface area contributed by atoms with E-state index < -0.39 is 5.97 Å². The average Bonchev–Trinajstić information content (AvgIpc) is 3.94. The number of rotatable bonds is 5. The van der Waals surface area contributed by atoms with Crippen molar-refractivity contribution in [3.63, 3.8) is 0 Å². The molecule has 2 aliphatic heterocycles. The molecule has 2 aromatic carbocycles. The van der Waals surface area contributed by atoms with Crippen LogP contribution < -0.4 is 5.32 Å². The van der Waals surface area contributed by atoms with E-state index in [0.717, 1.165) is 65.4 Å². The van der Waals surface area contributed by atoms with Gasteiger partial charge in [-0.2, -0.15) is 13.1 Å². The van der Waals surface area contributed by atoms with Crippen molar-refractivity contribution in [3.05, 3.63) is 118 Å². The lowest BCUT2D eigenvalue weighted by Crippen LogP contribution is -2.30. The Morgan fingerprint density at radius 2 is 1.35 bits per heavy atom. The summed E-state index contributed by atoms with van der Waals surface area (Å²) in [6.07, 6.45) is 4.26. The fourth-order valence-electron chi connectivity index (χ4n) is 4.91. The predicted octanol–water partition coefficient (Wildman–Crippen LogP) is 10.7. The predicted molar refractivity (Wildman–Crippen MR) is 205 cm³/mol. The molecular formula is C32H29Br4F2N5O3S3. The van der Waals surface area contributed by atoms with Crippen molar-refractivity contribution in [1.82, 2.24) is 23.3 Å². The molecule has 0 spiro atoms. The van der Waals surface area contributed by atoms with Crippen LogP contribution in [-0.2, 0) is 5.33 Å². The number of carboxylic acid groups (broad SMARTS) is 1. The van der Waals surface area contributed by atoms with Gasteiger partial charge in [0.1, 0.15) is 17.3 Å². The van der Waals surface area contributed by atoms with E-state index >= 15 is 0 Å². The normalized spacial score (nSPS) is 16.5. The van der Waals surface area contributed by atoms with Gasteiger partial charge in [-0.05, 0) is 168 Å². The molecule has 49 heavy (non-hydrogen) atoms. The van der Waals surface area contributed by atoms with Crippen molar-refractivity contribution in [2.24, 2.45) is 0 Å². The van der Waals surface area contributed by atoms with Gasteiger partial charge in [-0.3, -0.25) is 4.79 Å². The van der Waals surface area contributed by atoms with E-state index in [9.17, 15) is 18.4 Å². The van der Waals surface area contributed by atoms with E-state index in [2.05, 4.69) is 82.2 Å². The highest BCUT2D eigenvalue weighted by atomic mass is 79.9. The maximum Gasteiger partial charge on any atom is 0.355 e. The zero-order chi connectivity index (χ0) is 35.3. The summed E-state index contributed by atoms with van der Waals surface area (Å²) in [7, 11) is 0. The first kappa shape index (κ1) is 39.8. The van der Waals surface area contributed by atoms with Crippen LogP contribution in [0.5, 0.6) is 0 Å². The van der Waals surface area contributed by atoms with E-state index in [1.807, 2.05) is 23.1 Å². The summed E-state index contributed by atoms with van der Waals surface area (Å²) in [6.45, 7) is 1.80. The standard InChI is InChI=1S/C14H12BrFN2OS.C10H12FN.C4H3Br2NS.C4H2BrNO2S/c15-13-8-11(17-20-13)14(19)18-7-1-2-12(18)9-3-5-10(16)6-4-9;11-9-5-3-8(4-6-9)10-2-1-7-12-10;5-2-3-1-4(6)8-7-3;5-3-1-2(4(7)8)6-9-3/h3-6,8,12H,1-2,7H2;3-6,10,12H,1-2,7H2;1H,2H2;1H,(H,7,8). The summed E-state index contributed by atoms with van der Waals surface area (Å²) < 4.78 is 40.1. The number of nitrogens with one attached hydrogen (secondary N) is 1. The van der Waals surface area contributed by atoms with Crippen LogP contribution in [0.2, 0.25) is 0 Å². The fourth-order valence-corrected chi connectivity index (χ4v) is 8.18. The Morgan fingerprint density at radius 3 is 1.78 bits per heavy atom. The van der Waals surface area contributed by atoms with E-state index in [1.54, 1.807) is 18.2 Å². The second-order valence-corrected chi connectivity index (χ2v) is 17.6. The molecule has 3 aromatic heterocycles. The first-order valence-corrected chi connectivity index (χ1v) is 20.6. The maximum atomic E-state index is 13.0. The highest BCUT2D eigenvalue weighted by Gasteiger charge is 2.31. The van der Waals surface area contributed by atoms with Gasteiger partial charge in [0, 0.05) is 17.9 Å². The highest BCUT2D eigenvalue weighted by Crippen LogP contribution is 2.33. The molecule has 2 saturated heterocycles. The Labute approximate surface area is 328 Å². The number of benzene rings is 2. The Bertz CT molecular complexity index is 1780. The van der Waals surface area contributed by atoms with Crippen LogP contribution in [0.25, 0.3) is 0 Å². The Morgan fingerprint density at radius 1 is 0.796 bits per heavy atom. The molecule has 2 unspecified atom stereocenters. The van der Waals surface area contributed by atoms with Gasteiger partial charge in [0.15, 0.2) is 5.69 Å². The summed E-state index contributed by atoms with van der Waals surface area (Å²) in [5.41, 5.74) is 3.82. The summed E-state index contributed by atoms with van der Waals surface area (Å²) in [4.78, 5) is 24.5. The van der Waals surface area contributed by atoms with Gasteiger partial charge in [-0.25, -0.2) is 13.6 Å². The minimum atomic E-state index is -0.989. The molecule has 0 bridgehead atoms. The third kappa shape index (κ3) is 12.6. The molecule has 0 aliphatic carbocycles. The third-order valence-corrected chi connectivity index (χ3v) is 11.5. The van der Waals surface area contributed by atoms with E-state index in [4.69, 9.17) is 5.11 Å². The van der Waals surface area contributed by atoms with Crippen molar-refractivity contribution in [3.8, 4) is 0 Å². The molecule has 5 heterocycles. The molecule has 0 saturated carbocycles. The zero-order valence-corrected chi connectivity index (χ0v) is 34.3. The molecule has 0 radical (unpaired) electrons. The molecule has 8 nitrogen and oxygen atoms in total. The lowest BCUT2D eigenvalue weighted by molar-refractivity contribution is 0.0690. The molecule has 17 heteroatoms. The van der Waals surface area contributed by atoms with E-state index in [1.165, 1.54) is 71.8 Å². The molecule has 2 aliphatic rings. The number of carboxylic acids is 1. The first-order valence-electron chi connectivity index (χ1n) is 14.7. The van der Waals surface area contributed by atoms with Gasteiger partial charge in [0.2, 0.25) is 0 Å². The molecular weight excluding hydrogens is 956 g/mol. The van der Waals surface area contributed by atoms with Crippen molar-refractivity contribution in [2.45, 2.75) is 43.1 Å². The maximum absolute atomic E-state index is 13.0. The molecule has 2 atom stereocenters. The number of hydrogen-bond donors (Lipinski definition) is 2. The minimum Gasteiger partial charge on any atom is -0.476 e. The smallest absolute Gasteiger partial charge is 0.355 e. The third-order valence-electron chi connectivity index (χ3n) is 7.17. The fraction of sp³-hybridized carbons (Fsp3) is 0.281.